The van der Waals surface area contributed by atoms with E-state index in [0.29, 0.717) is 17.9 Å². The third-order valence-electron chi connectivity index (χ3n) is 3.66. The van der Waals surface area contributed by atoms with E-state index in [4.69, 9.17) is 9.47 Å². The van der Waals surface area contributed by atoms with Gasteiger partial charge in [0.2, 0.25) is 0 Å². The fourth-order valence-electron chi connectivity index (χ4n) is 2.57. The smallest absolute Gasteiger partial charge is 0.338 e. The standard InChI is InChI=1S/C17H21BrN2O4/c1-4-23-10-20-15(12-6-8-13(18)9-7-12)14(16(21)24-5-2)11(3)19-17(20)22/h6-9,15H,4-5,10H2,1-3H3,(H,19,22). The second-order valence-electron chi connectivity index (χ2n) is 5.24. The molecule has 2 rings (SSSR count). The Balaban J connectivity index is 2.50. The largest absolute Gasteiger partial charge is 0.463 e. The number of nitrogens with one attached hydrogen (secondary N) is 1. The van der Waals surface area contributed by atoms with Gasteiger partial charge in [-0.2, -0.15) is 0 Å². The number of hydrogen-bond donors (Lipinski definition) is 1. The van der Waals surface area contributed by atoms with Gasteiger partial charge in [-0.05, 0) is 38.5 Å². The third-order valence-corrected chi connectivity index (χ3v) is 4.19. The number of amides is 2. The van der Waals surface area contributed by atoms with E-state index >= 15 is 0 Å². The summed E-state index contributed by atoms with van der Waals surface area (Å²) in [6.45, 7) is 6.12. The van der Waals surface area contributed by atoms with Gasteiger partial charge in [0.05, 0.1) is 18.2 Å². The van der Waals surface area contributed by atoms with Gasteiger partial charge >= 0.3 is 12.0 Å². The zero-order valence-corrected chi connectivity index (χ0v) is 15.6. The van der Waals surface area contributed by atoms with Gasteiger partial charge in [0, 0.05) is 16.8 Å². The molecule has 0 aromatic heterocycles. The molecule has 1 aliphatic heterocycles. The minimum absolute atomic E-state index is 0.0826. The van der Waals surface area contributed by atoms with Crippen LogP contribution in [0.1, 0.15) is 32.4 Å². The maximum absolute atomic E-state index is 12.5. The van der Waals surface area contributed by atoms with Crippen LogP contribution in [0, 0.1) is 0 Å². The van der Waals surface area contributed by atoms with Crippen LogP contribution in [0.2, 0.25) is 0 Å². The number of halogens is 1. The van der Waals surface area contributed by atoms with Gasteiger partial charge in [-0.3, -0.25) is 4.90 Å². The Morgan fingerprint density at radius 1 is 1.25 bits per heavy atom. The molecule has 130 valence electrons. The SMILES string of the molecule is CCOCN1C(=O)NC(C)=C(C(=O)OCC)C1c1ccc(Br)cc1. The Morgan fingerprint density at radius 3 is 2.50 bits per heavy atom. The summed E-state index contributed by atoms with van der Waals surface area (Å²) in [5.41, 5.74) is 1.73. The van der Waals surface area contributed by atoms with E-state index in [1.807, 2.05) is 31.2 Å². The number of nitrogens with zero attached hydrogens (tertiary/aromatic N) is 1. The number of ether oxygens (including phenoxy) is 2. The number of urea groups is 1. The number of hydrogen-bond acceptors (Lipinski definition) is 4. The van der Waals surface area contributed by atoms with Crippen LogP contribution in [0.4, 0.5) is 4.79 Å². The lowest BCUT2D eigenvalue weighted by molar-refractivity contribution is -0.139. The zero-order chi connectivity index (χ0) is 17.7. The molecule has 6 nitrogen and oxygen atoms in total. The first-order valence-electron chi connectivity index (χ1n) is 7.78. The molecule has 1 aromatic rings. The molecule has 0 saturated carbocycles. The van der Waals surface area contributed by atoms with Gasteiger partial charge in [0.15, 0.2) is 0 Å². The molecule has 1 atom stereocenters. The molecule has 1 aromatic carbocycles. The summed E-state index contributed by atoms with van der Waals surface area (Å²) < 4.78 is 11.5. The molecule has 24 heavy (non-hydrogen) atoms. The molecular weight excluding hydrogens is 376 g/mol. The topological polar surface area (TPSA) is 67.9 Å². The quantitative estimate of drug-likeness (QED) is 0.748. The minimum atomic E-state index is -0.558. The third kappa shape index (κ3) is 3.96. The van der Waals surface area contributed by atoms with E-state index in [9.17, 15) is 9.59 Å². The molecular formula is C17H21BrN2O4. The Morgan fingerprint density at radius 2 is 1.92 bits per heavy atom. The van der Waals surface area contributed by atoms with Gasteiger partial charge in [-0.1, -0.05) is 28.1 Å². The van der Waals surface area contributed by atoms with Gasteiger partial charge in [-0.25, -0.2) is 9.59 Å². The summed E-state index contributed by atoms with van der Waals surface area (Å²) in [5, 5.41) is 2.72. The van der Waals surface area contributed by atoms with Crippen molar-refractivity contribution in [2.45, 2.75) is 26.8 Å². The molecule has 1 unspecified atom stereocenters. The summed E-state index contributed by atoms with van der Waals surface area (Å²) in [5.74, 6) is -0.440. The molecule has 7 heteroatoms. The molecule has 0 aliphatic carbocycles. The monoisotopic (exact) mass is 396 g/mol. The van der Waals surface area contributed by atoms with Crippen molar-refractivity contribution in [3.8, 4) is 0 Å². The first-order chi connectivity index (χ1) is 11.5. The predicted molar refractivity (Wildman–Crippen MR) is 93.1 cm³/mol. The van der Waals surface area contributed by atoms with E-state index in [-0.39, 0.29) is 19.4 Å². The van der Waals surface area contributed by atoms with E-state index in [2.05, 4.69) is 21.2 Å². The molecule has 1 heterocycles. The van der Waals surface area contributed by atoms with Gasteiger partial charge < -0.3 is 14.8 Å². The molecule has 0 fully saturated rings. The van der Waals surface area contributed by atoms with E-state index in [1.54, 1.807) is 13.8 Å². The normalized spacial score (nSPS) is 17.8. The molecule has 0 spiro atoms. The average Bonchev–Trinajstić information content (AvgIpc) is 2.54. The molecule has 0 bridgehead atoms. The summed E-state index contributed by atoms with van der Waals surface area (Å²) in [4.78, 5) is 26.4. The Hall–Kier alpha value is -1.86. The van der Waals surface area contributed by atoms with Crippen molar-refractivity contribution >= 4 is 27.9 Å². The van der Waals surface area contributed by atoms with Crippen molar-refractivity contribution in [2.75, 3.05) is 19.9 Å². The van der Waals surface area contributed by atoms with Crippen molar-refractivity contribution in [1.29, 1.82) is 0 Å². The van der Waals surface area contributed by atoms with Crippen LogP contribution in [-0.2, 0) is 14.3 Å². The lowest BCUT2D eigenvalue weighted by atomic mass is 9.94. The van der Waals surface area contributed by atoms with Gasteiger partial charge in [0.25, 0.3) is 0 Å². The van der Waals surface area contributed by atoms with Crippen molar-refractivity contribution in [3.63, 3.8) is 0 Å². The fourth-order valence-corrected chi connectivity index (χ4v) is 2.83. The molecule has 1 N–H and O–H groups in total. The lowest BCUT2D eigenvalue weighted by Gasteiger charge is -2.37. The maximum atomic E-state index is 12.5. The van der Waals surface area contributed by atoms with Crippen LogP contribution < -0.4 is 5.32 Å². The average molecular weight is 397 g/mol. The Labute approximate surface area is 149 Å². The molecule has 2 amide bonds. The van der Waals surface area contributed by atoms with E-state index in [0.717, 1.165) is 10.0 Å². The van der Waals surface area contributed by atoms with Crippen molar-refractivity contribution in [3.05, 3.63) is 45.6 Å². The minimum Gasteiger partial charge on any atom is -0.463 e. The van der Waals surface area contributed by atoms with Crippen LogP contribution in [0.3, 0.4) is 0 Å². The summed E-state index contributed by atoms with van der Waals surface area (Å²) in [6, 6.07) is 6.63. The van der Waals surface area contributed by atoms with Crippen molar-refractivity contribution < 1.29 is 19.1 Å². The first kappa shape index (κ1) is 18.5. The van der Waals surface area contributed by atoms with Gasteiger partial charge in [0.1, 0.15) is 6.73 Å². The number of carbonyl (C=O) groups excluding carboxylic acids is 2. The Kier molecular flexibility index (Phi) is 6.39. The lowest BCUT2D eigenvalue weighted by Crippen LogP contribution is -2.49. The van der Waals surface area contributed by atoms with E-state index < -0.39 is 12.0 Å². The highest BCUT2D eigenvalue weighted by atomic mass is 79.9. The summed E-state index contributed by atoms with van der Waals surface area (Å²) in [6.07, 6.45) is 0. The number of benzene rings is 1. The number of carbonyl (C=O) groups is 2. The van der Waals surface area contributed by atoms with Crippen molar-refractivity contribution in [1.82, 2.24) is 10.2 Å². The number of rotatable bonds is 6. The highest BCUT2D eigenvalue weighted by Crippen LogP contribution is 2.34. The first-order valence-corrected chi connectivity index (χ1v) is 8.57. The van der Waals surface area contributed by atoms with Crippen molar-refractivity contribution in [2.24, 2.45) is 0 Å². The second kappa shape index (κ2) is 8.30. The predicted octanol–water partition coefficient (Wildman–Crippen LogP) is 3.35. The second-order valence-corrected chi connectivity index (χ2v) is 6.15. The van der Waals surface area contributed by atoms with Crippen LogP contribution in [0.15, 0.2) is 40.0 Å². The molecule has 0 radical (unpaired) electrons. The summed E-state index contributed by atoms with van der Waals surface area (Å²) >= 11 is 3.40. The van der Waals surface area contributed by atoms with Crippen LogP contribution in [0.25, 0.3) is 0 Å². The van der Waals surface area contributed by atoms with Gasteiger partial charge in [-0.15, -0.1) is 0 Å². The van der Waals surface area contributed by atoms with E-state index in [1.165, 1.54) is 4.90 Å². The molecule has 0 saturated heterocycles. The van der Waals surface area contributed by atoms with Crippen LogP contribution >= 0.6 is 15.9 Å². The zero-order valence-electron chi connectivity index (χ0n) is 14.0. The highest BCUT2D eigenvalue weighted by Gasteiger charge is 2.38. The molecule has 1 aliphatic rings. The fraction of sp³-hybridized carbons (Fsp3) is 0.412. The number of esters is 1. The van der Waals surface area contributed by atoms with Crippen LogP contribution in [-0.4, -0.2) is 36.8 Å². The summed E-state index contributed by atoms with van der Waals surface area (Å²) in [7, 11) is 0. The highest BCUT2D eigenvalue weighted by molar-refractivity contribution is 9.10. The number of allylic oxidation sites excluding steroid dienone is 1. The Bertz CT molecular complexity index is 642. The van der Waals surface area contributed by atoms with Crippen LogP contribution in [0.5, 0.6) is 0 Å². The maximum Gasteiger partial charge on any atom is 0.338 e.